The van der Waals surface area contributed by atoms with Crippen LogP contribution in [0.15, 0.2) is 36.5 Å². The van der Waals surface area contributed by atoms with E-state index < -0.39 is 0 Å². The highest BCUT2D eigenvalue weighted by atomic mass is 32.1. The van der Waals surface area contributed by atoms with Crippen molar-refractivity contribution >= 4 is 33.1 Å². The second-order valence-corrected chi connectivity index (χ2v) is 8.51. The monoisotopic (exact) mass is 428 g/mol. The fourth-order valence-electron chi connectivity index (χ4n) is 3.64. The molecule has 1 aliphatic heterocycles. The van der Waals surface area contributed by atoms with Gasteiger partial charge in [0.05, 0.1) is 11.5 Å². The highest BCUT2D eigenvalue weighted by Gasteiger charge is 2.21. The van der Waals surface area contributed by atoms with Gasteiger partial charge in [-0.15, -0.1) is 11.3 Å². The molecule has 1 saturated heterocycles. The third kappa shape index (κ3) is 4.30. The maximum absolute atomic E-state index is 14.3. The van der Waals surface area contributed by atoms with E-state index in [0.717, 1.165) is 42.3 Å². The lowest BCUT2D eigenvalue weighted by Crippen LogP contribution is -2.44. The number of carbonyl (C=O) groups is 1. The van der Waals surface area contributed by atoms with E-state index in [1.54, 1.807) is 19.4 Å². The number of likely N-dealkylation sites (N-methyl/N-ethyl adjacent to an activating group) is 1. The molecular weight excluding hydrogens is 403 g/mol. The number of methoxy groups -OCH3 is 1. The zero-order valence-electron chi connectivity index (χ0n) is 17.2. The number of nitrogens with zero attached hydrogens (tertiary/aromatic N) is 3. The fourth-order valence-corrected chi connectivity index (χ4v) is 4.78. The van der Waals surface area contributed by atoms with Crippen molar-refractivity contribution in [3.8, 4) is 0 Å². The molecule has 158 valence electrons. The zero-order chi connectivity index (χ0) is 21.1. The summed E-state index contributed by atoms with van der Waals surface area (Å²) in [5.41, 5.74) is 1.51. The van der Waals surface area contributed by atoms with Crippen molar-refractivity contribution in [1.82, 2.24) is 15.2 Å². The van der Waals surface area contributed by atoms with Gasteiger partial charge in [0.1, 0.15) is 11.6 Å². The van der Waals surface area contributed by atoms with Gasteiger partial charge in [0, 0.05) is 61.7 Å². The van der Waals surface area contributed by atoms with E-state index in [1.807, 2.05) is 18.2 Å². The Hall–Kier alpha value is -2.55. The molecular formula is C22H25FN4O2S. The topological polar surface area (TPSA) is 57.7 Å². The first-order valence-electron chi connectivity index (χ1n) is 9.92. The van der Waals surface area contributed by atoms with Gasteiger partial charge in [-0.25, -0.2) is 9.37 Å². The van der Waals surface area contributed by atoms with Crippen LogP contribution in [0.4, 0.5) is 10.2 Å². The number of nitrogens with one attached hydrogen (secondary N) is 1. The van der Waals surface area contributed by atoms with E-state index in [-0.39, 0.29) is 18.3 Å². The van der Waals surface area contributed by atoms with Crippen molar-refractivity contribution in [3.05, 3.63) is 58.3 Å². The highest BCUT2D eigenvalue weighted by molar-refractivity contribution is 7.21. The SMILES string of the molecule is COCc1c(C(=O)NCc2ccc(N3CCN(C)CC3)nc2)sc2cccc(F)c12. The van der Waals surface area contributed by atoms with Crippen molar-refractivity contribution < 1.29 is 13.9 Å². The van der Waals surface area contributed by atoms with Crippen molar-refractivity contribution in [1.29, 1.82) is 0 Å². The Morgan fingerprint density at radius 2 is 2.03 bits per heavy atom. The van der Waals surface area contributed by atoms with E-state index in [1.165, 1.54) is 17.4 Å². The molecule has 0 aliphatic carbocycles. The number of hydrogen-bond acceptors (Lipinski definition) is 6. The summed E-state index contributed by atoms with van der Waals surface area (Å²) in [6.45, 7) is 4.52. The molecule has 1 N–H and O–H groups in total. The van der Waals surface area contributed by atoms with Crippen molar-refractivity contribution in [3.63, 3.8) is 0 Å². The number of benzene rings is 1. The number of fused-ring (bicyclic) bond motifs is 1. The summed E-state index contributed by atoms with van der Waals surface area (Å²) in [7, 11) is 3.67. The minimum absolute atomic E-state index is 0.185. The molecule has 0 unspecified atom stereocenters. The molecule has 1 fully saturated rings. The van der Waals surface area contributed by atoms with Gasteiger partial charge >= 0.3 is 0 Å². The fraction of sp³-hybridized carbons (Fsp3) is 0.364. The van der Waals surface area contributed by atoms with Gasteiger partial charge in [0.25, 0.3) is 5.91 Å². The minimum atomic E-state index is -0.335. The molecule has 0 bridgehead atoms. The van der Waals surface area contributed by atoms with Gasteiger partial charge in [0.15, 0.2) is 0 Å². The van der Waals surface area contributed by atoms with E-state index in [0.29, 0.717) is 22.4 Å². The van der Waals surface area contributed by atoms with Crippen LogP contribution in [0.1, 0.15) is 20.8 Å². The zero-order valence-corrected chi connectivity index (χ0v) is 18.0. The van der Waals surface area contributed by atoms with Crippen LogP contribution < -0.4 is 10.2 Å². The molecule has 3 heterocycles. The summed E-state index contributed by atoms with van der Waals surface area (Å²) in [5.74, 6) is 0.393. The lowest BCUT2D eigenvalue weighted by Gasteiger charge is -2.33. The van der Waals surface area contributed by atoms with Crippen LogP contribution in [-0.4, -0.2) is 56.1 Å². The number of amides is 1. The summed E-state index contributed by atoms with van der Waals surface area (Å²) < 4.78 is 20.3. The summed E-state index contributed by atoms with van der Waals surface area (Å²) >= 11 is 1.28. The normalized spacial score (nSPS) is 15.0. The number of pyridine rings is 1. The van der Waals surface area contributed by atoms with Crippen molar-refractivity contribution in [2.45, 2.75) is 13.2 Å². The second kappa shape index (κ2) is 9.07. The Kier molecular flexibility index (Phi) is 6.26. The third-order valence-electron chi connectivity index (χ3n) is 5.35. The largest absolute Gasteiger partial charge is 0.380 e. The molecule has 0 saturated carbocycles. The summed E-state index contributed by atoms with van der Waals surface area (Å²) in [5, 5.41) is 3.40. The number of rotatable bonds is 6. The Balaban J connectivity index is 1.45. The van der Waals surface area contributed by atoms with E-state index >= 15 is 0 Å². The summed E-state index contributed by atoms with van der Waals surface area (Å²) in [6, 6.07) is 8.86. The molecule has 3 aromatic rings. The van der Waals surface area contributed by atoms with E-state index in [9.17, 15) is 9.18 Å². The molecule has 4 rings (SSSR count). The van der Waals surface area contributed by atoms with Crippen LogP contribution in [0.3, 0.4) is 0 Å². The number of thiophene rings is 1. The Morgan fingerprint density at radius 1 is 1.23 bits per heavy atom. The van der Waals surface area contributed by atoms with Crippen LogP contribution in [0.25, 0.3) is 10.1 Å². The number of carbonyl (C=O) groups excluding carboxylic acids is 1. The van der Waals surface area contributed by atoms with E-state index in [4.69, 9.17) is 4.74 Å². The molecule has 0 radical (unpaired) electrons. The van der Waals surface area contributed by atoms with Crippen molar-refractivity contribution in [2.24, 2.45) is 0 Å². The van der Waals surface area contributed by atoms with Crippen LogP contribution in [0.2, 0.25) is 0 Å². The Labute approximate surface area is 179 Å². The molecule has 1 aromatic carbocycles. The first kappa shape index (κ1) is 20.7. The van der Waals surface area contributed by atoms with Crippen LogP contribution in [0.5, 0.6) is 0 Å². The van der Waals surface area contributed by atoms with E-state index in [2.05, 4.69) is 27.1 Å². The number of anilines is 1. The number of aromatic nitrogens is 1. The maximum Gasteiger partial charge on any atom is 0.262 e. The number of halogens is 1. The Morgan fingerprint density at radius 3 is 2.73 bits per heavy atom. The van der Waals surface area contributed by atoms with Gasteiger partial charge in [-0.1, -0.05) is 12.1 Å². The average molecular weight is 429 g/mol. The summed E-state index contributed by atoms with van der Waals surface area (Å²) in [6.07, 6.45) is 1.80. The molecule has 8 heteroatoms. The molecule has 0 atom stereocenters. The standard InChI is InChI=1S/C22H25FN4O2S/c1-26-8-10-27(11-9-26)19-7-6-15(12-24-19)13-25-22(28)21-16(14-29-2)20-17(23)4-3-5-18(20)30-21/h3-7,12H,8-11,13-14H2,1-2H3,(H,25,28). The maximum atomic E-state index is 14.3. The summed E-state index contributed by atoms with van der Waals surface area (Å²) in [4.78, 5) is 22.4. The number of hydrogen-bond donors (Lipinski definition) is 1. The van der Waals surface area contributed by atoms with Crippen LogP contribution >= 0.6 is 11.3 Å². The van der Waals surface area contributed by atoms with Crippen molar-refractivity contribution in [2.75, 3.05) is 45.2 Å². The molecule has 1 amide bonds. The second-order valence-electron chi connectivity index (χ2n) is 7.45. The van der Waals surface area contributed by atoms with Crippen LogP contribution in [-0.2, 0) is 17.9 Å². The number of ether oxygens (including phenoxy) is 1. The molecule has 30 heavy (non-hydrogen) atoms. The highest BCUT2D eigenvalue weighted by Crippen LogP contribution is 2.33. The molecule has 1 aliphatic rings. The Bertz CT molecular complexity index is 1030. The molecule has 2 aromatic heterocycles. The first-order valence-corrected chi connectivity index (χ1v) is 10.7. The first-order chi connectivity index (χ1) is 14.6. The third-order valence-corrected chi connectivity index (χ3v) is 6.54. The van der Waals surface area contributed by atoms with Gasteiger partial charge in [-0.2, -0.15) is 0 Å². The predicted octanol–water partition coefficient (Wildman–Crippen LogP) is 3.26. The lowest BCUT2D eigenvalue weighted by molar-refractivity contribution is 0.0950. The lowest BCUT2D eigenvalue weighted by atomic mass is 10.1. The molecule has 0 spiro atoms. The van der Waals surface area contributed by atoms with Gasteiger partial charge in [-0.05, 0) is 30.8 Å². The number of piperazine rings is 1. The van der Waals surface area contributed by atoms with Gasteiger partial charge < -0.3 is 19.9 Å². The molecule has 6 nitrogen and oxygen atoms in total. The average Bonchev–Trinajstić information content (AvgIpc) is 3.13. The predicted molar refractivity (Wildman–Crippen MR) is 118 cm³/mol. The van der Waals surface area contributed by atoms with Crippen LogP contribution in [0, 0.1) is 5.82 Å². The smallest absolute Gasteiger partial charge is 0.262 e. The minimum Gasteiger partial charge on any atom is -0.380 e. The quantitative estimate of drug-likeness (QED) is 0.653. The van der Waals surface area contributed by atoms with Gasteiger partial charge in [0.2, 0.25) is 0 Å². The van der Waals surface area contributed by atoms with Gasteiger partial charge in [-0.3, -0.25) is 4.79 Å².